The highest BCUT2D eigenvalue weighted by Crippen LogP contribution is 2.23. The smallest absolute Gasteiger partial charge is 0.124 e. The number of hydrogen-bond acceptors (Lipinski definition) is 5. The van der Waals surface area contributed by atoms with Crippen molar-refractivity contribution in [1.82, 2.24) is 9.80 Å². The first-order valence-corrected chi connectivity index (χ1v) is 10.6. The molecule has 1 saturated heterocycles. The summed E-state index contributed by atoms with van der Waals surface area (Å²) in [4.78, 5) is 4.96. The van der Waals surface area contributed by atoms with Gasteiger partial charge in [-0.25, -0.2) is 0 Å². The minimum Gasteiger partial charge on any atom is -0.494 e. The van der Waals surface area contributed by atoms with Gasteiger partial charge in [-0.05, 0) is 49.1 Å². The van der Waals surface area contributed by atoms with Crippen LogP contribution in [0.25, 0.3) is 0 Å². The number of hydrogen-bond donors (Lipinski definition) is 2. The van der Waals surface area contributed by atoms with Crippen molar-refractivity contribution < 1.29 is 14.9 Å². The molecule has 0 unspecified atom stereocenters. The Bertz CT molecular complexity index is 780. The molecule has 2 aromatic carbocycles. The van der Waals surface area contributed by atoms with E-state index in [1.54, 1.807) is 0 Å². The first kappa shape index (κ1) is 21.8. The molecule has 158 valence electrons. The number of rotatable bonds is 9. The summed E-state index contributed by atoms with van der Waals surface area (Å²) >= 11 is 0. The predicted octanol–water partition coefficient (Wildman–Crippen LogP) is 2.95. The summed E-state index contributed by atoms with van der Waals surface area (Å²) in [7, 11) is 0. The van der Waals surface area contributed by atoms with Gasteiger partial charge >= 0.3 is 0 Å². The molecule has 2 aromatic rings. The third-order valence-corrected chi connectivity index (χ3v) is 5.79. The number of benzene rings is 2. The summed E-state index contributed by atoms with van der Waals surface area (Å²) < 4.78 is 5.59. The molecule has 0 spiro atoms. The van der Waals surface area contributed by atoms with E-state index in [1.165, 1.54) is 16.7 Å². The minimum atomic E-state index is -0.0134. The van der Waals surface area contributed by atoms with Gasteiger partial charge in [-0.1, -0.05) is 30.3 Å². The van der Waals surface area contributed by atoms with Gasteiger partial charge in [0.1, 0.15) is 5.75 Å². The molecule has 0 radical (unpaired) electrons. The molecule has 5 heteroatoms. The molecule has 29 heavy (non-hydrogen) atoms. The monoisotopic (exact) mass is 398 g/mol. The second-order valence-electron chi connectivity index (χ2n) is 7.83. The Morgan fingerprint density at radius 3 is 2.59 bits per heavy atom. The Morgan fingerprint density at radius 1 is 1.03 bits per heavy atom. The molecule has 1 fully saturated rings. The van der Waals surface area contributed by atoms with Crippen molar-refractivity contribution in [3.05, 3.63) is 64.7 Å². The van der Waals surface area contributed by atoms with Crippen molar-refractivity contribution >= 4 is 0 Å². The van der Waals surface area contributed by atoms with E-state index in [9.17, 15) is 10.2 Å². The van der Waals surface area contributed by atoms with Crippen molar-refractivity contribution in [3.8, 4) is 5.75 Å². The predicted molar refractivity (Wildman–Crippen MR) is 116 cm³/mol. The third-order valence-electron chi connectivity index (χ3n) is 5.79. The van der Waals surface area contributed by atoms with E-state index >= 15 is 0 Å². The lowest BCUT2D eigenvalue weighted by molar-refractivity contribution is 0.0498. The lowest BCUT2D eigenvalue weighted by Gasteiger charge is -2.41. The fraction of sp³-hybridized carbons (Fsp3) is 0.500. The fourth-order valence-electron chi connectivity index (χ4n) is 4.15. The lowest BCUT2D eigenvalue weighted by atomic mass is 10.0. The molecule has 5 nitrogen and oxygen atoms in total. The van der Waals surface area contributed by atoms with E-state index in [-0.39, 0.29) is 13.2 Å². The average Bonchev–Trinajstić information content (AvgIpc) is 2.73. The molecular formula is C24H34N2O3. The first-order valence-electron chi connectivity index (χ1n) is 10.6. The number of aryl methyl sites for hydroxylation is 1. The zero-order chi connectivity index (χ0) is 20.6. The van der Waals surface area contributed by atoms with Crippen LogP contribution in [-0.2, 0) is 19.7 Å². The lowest BCUT2D eigenvalue weighted by Crippen LogP contribution is -2.52. The number of aliphatic hydroxyl groups excluding tert-OH is 2. The normalized spacial score (nSPS) is 18.1. The third kappa shape index (κ3) is 5.80. The Morgan fingerprint density at radius 2 is 1.86 bits per heavy atom. The molecular weight excluding hydrogens is 364 g/mol. The van der Waals surface area contributed by atoms with E-state index in [1.807, 2.05) is 19.1 Å². The van der Waals surface area contributed by atoms with Gasteiger partial charge in [0.05, 0.1) is 13.2 Å². The van der Waals surface area contributed by atoms with Crippen LogP contribution in [0.5, 0.6) is 5.75 Å². The molecule has 2 N–H and O–H groups in total. The van der Waals surface area contributed by atoms with Crippen LogP contribution in [0.3, 0.4) is 0 Å². The summed E-state index contributed by atoms with van der Waals surface area (Å²) in [5.41, 5.74) is 4.72. The van der Waals surface area contributed by atoms with Gasteiger partial charge < -0.3 is 14.9 Å². The van der Waals surface area contributed by atoms with Gasteiger partial charge in [0.2, 0.25) is 0 Å². The highest BCUT2D eigenvalue weighted by Gasteiger charge is 2.27. The van der Waals surface area contributed by atoms with Crippen molar-refractivity contribution in [1.29, 1.82) is 0 Å². The number of ether oxygens (including phenoxy) is 1. The van der Waals surface area contributed by atoms with E-state index in [0.29, 0.717) is 12.6 Å². The van der Waals surface area contributed by atoms with Crippen LogP contribution in [0.4, 0.5) is 0 Å². The Balaban J connectivity index is 1.65. The summed E-state index contributed by atoms with van der Waals surface area (Å²) in [6, 6.07) is 15.0. The summed E-state index contributed by atoms with van der Waals surface area (Å²) in [5, 5.41) is 19.3. The molecule has 1 heterocycles. The van der Waals surface area contributed by atoms with E-state index < -0.39 is 0 Å². The average molecular weight is 399 g/mol. The molecule has 1 aliphatic rings. The van der Waals surface area contributed by atoms with Crippen LogP contribution in [0, 0.1) is 6.92 Å². The molecule has 0 amide bonds. The maximum Gasteiger partial charge on any atom is 0.124 e. The maximum atomic E-state index is 9.66. The zero-order valence-electron chi connectivity index (χ0n) is 17.7. The van der Waals surface area contributed by atoms with Crippen LogP contribution in [0.2, 0.25) is 0 Å². The topological polar surface area (TPSA) is 56.2 Å². The van der Waals surface area contributed by atoms with Crippen molar-refractivity contribution in [3.63, 3.8) is 0 Å². The quantitative estimate of drug-likeness (QED) is 0.680. The first-order chi connectivity index (χ1) is 14.1. The van der Waals surface area contributed by atoms with E-state index in [4.69, 9.17) is 4.74 Å². The van der Waals surface area contributed by atoms with Gasteiger partial charge in [0.25, 0.3) is 0 Å². The Hall–Kier alpha value is -1.92. The van der Waals surface area contributed by atoms with Crippen LogP contribution in [0.1, 0.15) is 35.6 Å². The van der Waals surface area contributed by atoms with Gasteiger partial charge in [-0.3, -0.25) is 9.80 Å². The molecule has 0 aromatic heterocycles. The van der Waals surface area contributed by atoms with Gasteiger partial charge in [0.15, 0.2) is 0 Å². The zero-order valence-corrected chi connectivity index (χ0v) is 17.7. The van der Waals surface area contributed by atoms with Gasteiger partial charge in [-0.15, -0.1) is 0 Å². The summed E-state index contributed by atoms with van der Waals surface area (Å²) in [5.74, 6) is 0.764. The van der Waals surface area contributed by atoms with Gasteiger partial charge in [-0.2, -0.15) is 0 Å². The minimum absolute atomic E-state index is 0.0134. The van der Waals surface area contributed by atoms with Crippen LogP contribution < -0.4 is 4.74 Å². The second-order valence-corrected chi connectivity index (χ2v) is 7.83. The molecule has 0 saturated carbocycles. The van der Waals surface area contributed by atoms with E-state index in [0.717, 1.165) is 50.5 Å². The van der Waals surface area contributed by atoms with Crippen LogP contribution >= 0.6 is 0 Å². The van der Waals surface area contributed by atoms with Crippen LogP contribution in [0.15, 0.2) is 42.5 Å². The summed E-state index contributed by atoms with van der Waals surface area (Å²) in [6.07, 6.45) is 0.785. The molecule has 1 atom stereocenters. The number of aliphatic hydroxyl groups is 2. The van der Waals surface area contributed by atoms with Crippen LogP contribution in [-0.4, -0.2) is 58.9 Å². The number of piperazine rings is 1. The second kappa shape index (κ2) is 10.7. The SMILES string of the molecule is CCOc1ccc(CN2CCN(Cc3ccccc3C)[C@@H](CCO)C2)cc1CO. The van der Waals surface area contributed by atoms with Crippen molar-refractivity contribution in [2.45, 2.75) is 46.0 Å². The highest BCUT2D eigenvalue weighted by molar-refractivity contribution is 5.37. The molecule has 3 rings (SSSR count). The standard InChI is InChI=1S/C24H34N2O3/c1-3-29-24-9-8-20(14-22(24)18-28)15-25-11-12-26(23(17-25)10-13-27)16-21-7-5-4-6-19(21)2/h4-9,14,23,27-28H,3,10-13,15-18H2,1-2H3/t23-/m0/s1. The molecule has 0 bridgehead atoms. The molecule has 1 aliphatic heterocycles. The highest BCUT2D eigenvalue weighted by atomic mass is 16.5. The largest absolute Gasteiger partial charge is 0.494 e. The van der Waals surface area contributed by atoms with E-state index in [2.05, 4.69) is 47.1 Å². The maximum absolute atomic E-state index is 9.66. The fourth-order valence-corrected chi connectivity index (χ4v) is 4.15. The Kier molecular flexibility index (Phi) is 8.07. The van der Waals surface area contributed by atoms with Crippen molar-refractivity contribution in [2.24, 2.45) is 0 Å². The number of nitrogens with zero attached hydrogens (tertiary/aromatic N) is 2. The Labute approximate surface area is 174 Å². The molecule has 0 aliphatic carbocycles. The van der Waals surface area contributed by atoms with Gasteiger partial charge in [0, 0.05) is 50.9 Å². The summed E-state index contributed by atoms with van der Waals surface area (Å²) in [6.45, 7) is 9.61. The van der Waals surface area contributed by atoms with Crippen molar-refractivity contribution in [2.75, 3.05) is 32.8 Å².